The Bertz CT molecular complexity index is 893. The van der Waals surface area contributed by atoms with Gasteiger partial charge >= 0.3 is 6.18 Å². The van der Waals surface area contributed by atoms with Crippen molar-refractivity contribution in [1.82, 2.24) is 0 Å². The molecule has 0 fully saturated rings. The standard InChI is InChI=1S/C15H12ClF3O3S2/c1-23(20)14-8-12(16)6-5-10(14)9-24(21,22)13-4-2-3-11(7-13)15(17,18)19/h2-8H,9H2,1H3. The molecule has 0 heterocycles. The minimum Gasteiger partial charge on any atom is -0.255 e. The first kappa shape index (κ1) is 19.0. The third-order valence-electron chi connectivity index (χ3n) is 3.20. The third-order valence-corrected chi connectivity index (χ3v) is 6.10. The first-order valence-corrected chi connectivity index (χ1v) is 10.1. The van der Waals surface area contributed by atoms with Crippen molar-refractivity contribution in [2.24, 2.45) is 0 Å². The average molecular weight is 397 g/mol. The molecule has 0 saturated carbocycles. The summed E-state index contributed by atoms with van der Waals surface area (Å²) in [6, 6.07) is 7.76. The molecule has 3 nitrogen and oxygen atoms in total. The van der Waals surface area contributed by atoms with Gasteiger partial charge < -0.3 is 0 Å². The molecule has 9 heteroatoms. The second-order valence-electron chi connectivity index (χ2n) is 4.99. The summed E-state index contributed by atoms with van der Waals surface area (Å²) in [5.41, 5.74) is -0.809. The molecule has 1 atom stereocenters. The van der Waals surface area contributed by atoms with Crippen LogP contribution in [0.1, 0.15) is 11.1 Å². The zero-order valence-corrected chi connectivity index (χ0v) is 14.7. The predicted octanol–water partition coefficient (Wildman–Crippen LogP) is 4.07. The molecular formula is C15H12ClF3O3S2. The van der Waals surface area contributed by atoms with Crippen LogP contribution >= 0.6 is 11.6 Å². The topological polar surface area (TPSA) is 51.2 Å². The zero-order valence-electron chi connectivity index (χ0n) is 12.3. The van der Waals surface area contributed by atoms with Crippen LogP contribution in [0.4, 0.5) is 13.2 Å². The zero-order chi connectivity index (χ0) is 18.1. The van der Waals surface area contributed by atoms with Gasteiger partial charge in [0.25, 0.3) is 0 Å². The fourth-order valence-electron chi connectivity index (χ4n) is 2.07. The molecular weight excluding hydrogens is 385 g/mol. The molecule has 2 rings (SSSR count). The summed E-state index contributed by atoms with van der Waals surface area (Å²) < 4.78 is 74.9. The van der Waals surface area contributed by atoms with Crippen molar-refractivity contribution in [2.45, 2.75) is 21.7 Å². The van der Waals surface area contributed by atoms with E-state index in [4.69, 9.17) is 11.6 Å². The molecule has 24 heavy (non-hydrogen) atoms. The van der Waals surface area contributed by atoms with Crippen LogP contribution in [0.3, 0.4) is 0 Å². The van der Waals surface area contributed by atoms with Gasteiger partial charge in [-0.15, -0.1) is 0 Å². The Hall–Kier alpha value is -1.38. The van der Waals surface area contributed by atoms with E-state index in [9.17, 15) is 25.8 Å². The maximum absolute atomic E-state index is 12.7. The largest absolute Gasteiger partial charge is 0.416 e. The number of hydrogen-bond acceptors (Lipinski definition) is 3. The average Bonchev–Trinajstić information content (AvgIpc) is 2.48. The lowest BCUT2D eigenvalue weighted by atomic mass is 10.2. The van der Waals surface area contributed by atoms with E-state index in [0.29, 0.717) is 11.1 Å². The number of benzene rings is 2. The van der Waals surface area contributed by atoms with E-state index < -0.39 is 43.0 Å². The van der Waals surface area contributed by atoms with Crippen LogP contribution in [0.15, 0.2) is 52.3 Å². The SMILES string of the molecule is CS(=O)c1cc(Cl)ccc1CS(=O)(=O)c1cccc(C(F)(F)F)c1. The Morgan fingerprint density at radius 1 is 1.12 bits per heavy atom. The lowest BCUT2D eigenvalue weighted by molar-refractivity contribution is -0.137. The maximum atomic E-state index is 12.7. The molecule has 130 valence electrons. The van der Waals surface area contributed by atoms with Crippen LogP contribution in [0.25, 0.3) is 0 Å². The van der Waals surface area contributed by atoms with E-state index in [1.165, 1.54) is 24.5 Å². The highest BCUT2D eigenvalue weighted by molar-refractivity contribution is 7.90. The molecule has 0 spiro atoms. The van der Waals surface area contributed by atoms with Gasteiger partial charge in [-0.25, -0.2) is 8.42 Å². The lowest BCUT2D eigenvalue weighted by Crippen LogP contribution is -2.10. The van der Waals surface area contributed by atoms with E-state index in [0.717, 1.165) is 18.2 Å². The Balaban J connectivity index is 2.45. The van der Waals surface area contributed by atoms with Crippen molar-refractivity contribution in [1.29, 1.82) is 0 Å². The van der Waals surface area contributed by atoms with Gasteiger partial charge in [0.15, 0.2) is 9.84 Å². The van der Waals surface area contributed by atoms with Crippen molar-refractivity contribution >= 4 is 32.2 Å². The van der Waals surface area contributed by atoms with Gasteiger partial charge in [-0.3, -0.25) is 4.21 Å². The van der Waals surface area contributed by atoms with Gasteiger partial charge in [-0.05, 0) is 35.9 Å². The number of sulfone groups is 1. The molecule has 0 aromatic heterocycles. The molecule has 0 aliphatic heterocycles. The van der Waals surface area contributed by atoms with Crippen LogP contribution in [0.2, 0.25) is 5.02 Å². The summed E-state index contributed by atoms with van der Waals surface area (Å²) in [7, 11) is -5.53. The highest BCUT2D eigenvalue weighted by Crippen LogP contribution is 2.31. The Kier molecular flexibility index (Phi) is 5.41. The summed E-state index contributed by atoms with van der Waals surface area (Å²) in [4.78, 5) is -0.210. The Morgan fingerprint density at radius 3 is 2.38 bits per heavy atom. The van der Waals surface area contributed by atoms with Crippen LogP contribution in [0.5, 0.6) is 0 Å². The first-order chi connectivity index (χ1) is 11.0. The quantitative estimate of drug-likeness (QED) is 0.782. The third kappa shape index (κ3) is 4.37. The highest BCUT2D eigenvalue weighted by atomic mass is 35.5. The van der Waals surface area contributed by atoms with Crippen LogP contribution in [0, 0.1) is 0 Å². The van der Waals surface area contributed by atoms with Gasteiger partial charge in [-0.1, -0.05) is 23.7 Å². The van der Waals surface area contributed by atoms with Gasteiger partial charge in [0.2, 0.25) is 0 Å². The van der Waals surface area contributed by atoms with E-state index in [2.05, 4.69) is 0 Å². The van der Waals surface area contributed by atoms with Crippen molar-refractivity contribution in [2.75, 3.05) is 6.26 Å². The molecule has 0 bridgehead atoms. The van der Waals surface area contributed by atoms with Crippen LogP contribution in [-0.2, 0) is 32.6 Å². The van der Waals surface area contributed by atoms with Crippen molar-refractivity contribution in [3.05, 3.63) is 58.6 Å². The smallest absolute Gasteiger partial charge is 0.255 e. The maximum Gasteiger partial charge on any atom is 0.416 e. The normalized spacial score (nSPS) is 13.7. The van der Waals surface area contributed by atoms with Gasteiger partial charge in [0.05, 0.1) is 27.0 Å². The van der Waals surface area contributed by atoms with Gasteiger partial charge in [-0.2, -0.15) is 13.2 Å². The predicted molar refractivity (Wildman–Crippen MR) is 86.1 cm³/mol. The second kappa shape index (κ2) is 6.85. The summed E-state index contributed by atoms with van der Waals surface area (Å²) in [5, 5.41) is 0.292. The monoisotopic (exact) mass is 396 g/mol. The second-order valence-corrected chi connectivity index (χ2v) is 8.76. The van der Waals surface area contributed by atoms with Crippen molar-refractivity contribution in [3.8, 4) is 0 Å². The molecule has 0 aliphatic carbocycles. The van der Waals surface area contributed by atoms with Crippen LogP contribution in [-0.4, -0.2) is 18.9 Å². The van der Waals surface area contributed by atoms with E-state index in [1.54, 1.807) is 0 Å². The first-order valence-electron chi connectivity index (χ1n) is 6.52. The van der Waals surface area contributed by atoms with E-state index in [-0.39, 0.29) is 10.5 Å². The molecule has 0 saturated heterocycles. The van der Waals surface area contributed by atoms with E-state index >= 15 is 0 Å². The highest BCUT2D eigenvalue weighted by Gasteiger charge is 2.31. The summed E-state index contributed by atoms with van der Waals surface area (Å²) in [6.45, 7) is 0. The van der Waals surface area contributed by atoms with Gasteiger partial charge in [0.1, 0.15) is 0 Å². The number of halogens is 4. The summed E-state index contributed by atoms with van der Waals surface area (Å²) in [5.74, 6) is -0.569. The molecule has 0 N–H and O–H groups in total. The van der Waals surface area contributed by atoms with Crippen molar-refractivity contribution in [3.63, 3.8) is 0 Å². The fraction of sp³-hybridized carbons (Fsp3) is 0.200. The summed E-state index contributed by atoms with van der Waals surface area (Å²) >= 11 is 5.81. The molecule has 2 aromatic rings. The summed E-state index contributed by atoms with van der Waals surface area (Å²) in [6.07, 6.45) is -3.27. The minimum absolute atomic E-state index is 0.234. The minimum atomic E-state index is -4.64. The fourth-order valence-corrected chi connectivity index (χ4v) is 4.62. The van der Waals surface area contributed by atoms with Crippen LogP contribution < -0.4 is 0 Å². The number of alkyl halides is 3. The molecule has 1 unspecified atom stereocenters. The Morgan fingerprint density at radius 2 is 1.79 bits per heavy atom. The molecule has 2 aromatic carbocycles. The van der Waals surface area contributed by atoms with E-state index in [1.807, 2.05) is 0 Å². The number of rotatable bonds is 4. The molecule has 0 aliphatic rings. The number of hydrogen-bond donors (Lipinski definition) is 0. The van der Waals surface area contributed by atoms with Gasteiger partial charge in [0, 0.05) is 16.2 Å². The lowest BCUT2D eigenvalue weighted by Gasteiger charge is -2.11. The molecule has 0 radical (unpaired) electrons. The Labute approximate surface area is 144 Å². The molecule has 0 amide bonds. The van der Waals surface area contributed by atoms with Crippen molar-refractivity contribution < 1.29 is 25.8 Å².